The fraction of sp³-hybridized carbons (Fsp3) is 0.294. The molecule has 136 valence electrons. The molecule has 9 heteroatoms. The monoisotopic (exact) mass is 491 g/mol. The summed E-state index contributed by atoms with van der Waals surface area (Å²) in [5.74, 6) is -2.37. The number of hydrogen-bond donors (Lipinski definition) is 0. The van der Waals surface area contributed by atoms with E-state index in [1.807, 2.05) is 33.2 Å². The minimum Gasteiger partial charge on any atom is -0.430 e. The fourth-order valence-corrected chi connectivity index (χ4v) is 4.27. The van der Waals surface area contributed by atoms with Crippen LogP contribution in [-0.2, 0) is 0 Å². The van der Waals surface area contributed by atoms with Crippen LogP contribution in [-0.4, -0.2) is 23.9 Å². The van der Waals surface area contributed by atoms with Crippen molar-refractivity contribution in [3.63, 3.8) is 0 Å². The number of alkyl halides is 4. The van der Waals surface area contributed by atoms with Gasteiger partial charge in [0, 0.05) is 36.7 Å². The zero-order valence-corrected chi connectivity index (χ0v) is 16.7. The minimum absolute atomic E-state index is 0.0662. The van der Waals surface area contributed by atoms with Crippen molar-refractivity contribution in [2.24, 2.45) is 0 Å². The van der Waals surface area contributed by atoms with Gasteiger partial charge in [-0.3, -0.25) is 4.40 Å². The number of benzene rings is 1. The zero-order chi connectivity index (χ0) is 18.5. The van der Waals surface area contributed by atoms with Crippen LogP contribution in [0.1, 0.15) is 24.6 Å². The van der Waals surface area contributed by atoms with E-state index in [1.165, 1.54) is 21.4 Å². The summed E-state index contributed by atoms with van der Waals surface area (Å²) in [6.07, 6.45) is 6.12. The number of ether oxygens (including phenoxy) is 1. The number of nitrogens with zero attached hydrogens (tertiary/aromatic N) is 3. The lowest BCUT2D eigenvalue weighted by Gasteiger charge is -2.36. The molecule has 0 amide bonds. The quantitative estimate of drug-likeness (QED) is 0.287. The summed E-state index contributed by atoms with van der Waals surface area (Å²) in [6, 6.07) is 6.33. The van der Waals surface area contributed by atoms with E-state index in [1.54, 1.807) is 24.5 Å². The lowest BCUT2D eigenvalue weighted by molar-refractivity contribution is -0.0892. The Morgan fingerprint density at radius 2 is 1.85 bits per heavy atom. The molecule has 2 aromatic heterocycles. The van der Waals surface area contributed by atoms with Gasteiger partial charge in [-0.1, -0.05) is 12.1 Å². The Hall–Kier alpha value is -1.41. The third-order valence-corrected chi connectivity index (χ3v) is 5.31. The normalized spacial score (nSPS) is 23.0. The van der Waals surface area contributed by atoms with Gasteiger partial charge in [-0.15, -0.1) is 0 Å². The molecule has 4 nitrogen and oxygen atoms in total. The Bertz CT molecular complexity index is 948. The predicted octanol–water partition coefficient (Wildman–Crippen LogP) is 5.18. The van der Waals surface area contributed by atoms with E-state index < -0.39 is 9.53 Å². The van der Waals surface area contributed by atoms with Gasteiger partial charge in [0.05, 0.1) is 6.20 Å². The standard InChI is InChI=1S/C17H14F3IN3OP/c18-16(21)5-11(6-16)15-23-8-14-22-7-12(9-24(14)15)10-1-3-13(4-2-10)25-17(19,20)26/h1-4,7-9,11H,5-6,26H2. The minimum atomic E-state index is -3.30. The van der Waals surface area contributed by atoms with Crippen LogP contribution in [0.15, 0.2) is 42.9 Å². The molecule has 3 aromatic rings. The first-order valence-electron chi connectivity index (χ1n) is 7.87. The highest BCUT2D eigenvalue weighted by Gasteiger charge is 2.44. The first-order chi connectivity index (χ1) is 12.2. The van der Waals surface area contributed by atoms with Crippen molar-refractivity contribution in [3.05, 3.63) is 48.7 Å². The van der Waals surface area contributed by atoms with Crippen LogP contribution in [0.25, 0.3) is 16.8 Å². The largest absolute Gasteiger partial charge is 0.430 e. The molecule has 1 fully saturated rings. The summed E-state index contributed by atoms with van der Waals surface area (Å²) in [6.45, 7) is 0. The molecule has 0 spiro atoms. The molecule has 0 saturated heterocycles. The van der Waals surface area contributed by atoms with E-state index in [2.05, 4.69) is 14.7 Å². The Labute approximate surface area is 163 Å². The van der Waals surface area contributed by atoms with Gasteiger partial charge >= 0.3 is 5.85 Å². The van der Waals surface area contributed by atoms with Crippen molar-refractivity contribution in [1.29, 1.82) is 0 Å². The molecule has 0 N–H and O–H groups in total. The summed E-state index contributed by atoms with van der Waals surface area (Å²) in [5.41, 5.74) is 2.30. The van der Waals surface area contributed by atoms with Crippen molar-refractivity contribution in [2.75, 3.05) is 0 Å². The van der Waals surface area contributed by atoms with E-state index in [0.717, 1.165) is 17.0 Å². The highest BCUT2D eigenvalue weighted by atomic mass is 127. The van der Waals surface area contributed by atoms with Crippen molar-refractivity contribution in [1.82, 2.24) is 14.4 Å². The molecular weight excluding hydrogens is 477 g/mol. The first-order valence-corrected chi connectivity index (χ1v) is 9.53. The maximum atomic E-state index is 13.8. The molecule has 1 saturated carbocycles. The summed E-state index contributed by atoms with van der Waals surface area (Å²) in [4.78, 5) is 8.78. The molecule has 0 bridgehead atoms. The van der Waals surface area contributed by atoms with Gasteiger partial charge in [-0.05, 0) is 49.5 Å². The maximum Gasteiger partial charge on any atom is 0.408 e. The number of hydrogen-bond acceptors (Lipinski definition) is 3. The highest BCUT2D eigenvalue weighted by molar-refractivity contribution is 14.1. The molecule has 1 aliphatic rings. The van der Waals surface area contributed by atoms with Gasteiger partial charge in [-0.25, -0.2) is 14.4 Å². The number of aromatic nitrogens is 3. The van der Waals surface area contributed by atoms with Crippen LogP contribution >= 0.6 is 31.8 Å². The average Bonchev–Trinajstić information content (AvgIpc) is 2.94. The maximum absolute atomic E-state index is 13.8. The van der Waals surface area contributed by atoms with Gasteiger partial charge in [0.1, 0.15) is 11.6 Å². The topological polar surface area (TPSA) is 39.4 Å². The smallest absolute Gasteiger partial charge is 0.408 e. The van der Waals surface area contributed by atoms with Crippen LogP contribution in [0.3, 0.4) is 0 Å². The van der Waals surface area contributed by atoms with Crippen molar-refractivity contribution < 1.29 is 17.9 Å². The molecule has 0 radical (unpaired) electrons. The second kappa shape index (κ2) is 6.34. The van der Waals surface area contributed by atoms with E-state index in [4.69, 9.17) is 0 Å². The van der Waals surface area contributed by atoms with Crippen molar-refractivity contribution in [2.45, 2.75) is 28.3 Å². The third kappa shape index (κ3) is 3.67. The first kappa shape index (κ1) is 18.0. The van der Waals surface area contributed by atoms with Gasteiger partial charge in [-0.2, -0.15) is 8.78 Å². The molecule has 1 atom stereocenters. The number of imidazole rings is 1. The van der Waals surface area contributed by atoms with Gasteiger partial charge in [0.25, 0.3) is 0 Å². The van der Waals surface area contributed by atoms with Crippen LogP contribution in [0.4, 0.5) is 13.2 Å². The number of rotatable bonds is 4. The second-order valence-corrected chi connectivity index (χ2v) is 8.94. The predicted molar refractivity (Wildman–Crippen MR) is 104 cm³/mol. The molecule has 1 unspecified atom stereocenters. The summed E-state index contributed by atoms with van der Waals surface area (Å²) in [5, 5.41) is 0. The second-order valence-electron chi connectivity index (χ2n) is 6.34. The SMILES string of the molecule is FC1(I)CC(c2ncc3ncc(-c4ccc(OC(F)(F)P)cc4)cn23)C1. The van der Waals surface area contributed by atoms with Crippen LogP contribution < -0.4 is 4.74 Å². The van der Waals surface area contributed by atoms with E-state index >= 15 is 0 Å². The lowest BCUT2D eigenvalue weighted by Crippen LogP contribution is -2.33. The van der Waals surface area contributed by atoms with E-state index in [0.29, 0.717) is 18.5 Å². The zero-order valence-electron chi connectivity index (χ0n) is 13.4. The van der Waals surface area contributed by atoms with Crippen LogP contribution in [0.5, 0.6) is 5.75 Å². The molecule has 2 heterocycles. The number of fused-ring (bicyclic) bond motifs is 1. The van der Waals surface area contributed by atoms with Gasteiger partial charge in [0.15, 0.2) is 9.32 Å². The molecule has 0 aliphatic heterocycles. The summed E-state index contributed by atoms with van der Waals surface area (Å²) < 4.78 is 44.8. The summed E-state index contributed by atoms with van der Waals surface area (Å²) >= 11 is 1.83. The summed E-state index contributed by atoms with van der Waals surface area (Å²) in [7, 11) is 1.34. The molecular formula is C17H14F3IN3OP. The van der Waals surface area contributed by atoms with Gasteiger partial charge in [0.2, 0.25) is 0 Å². The van der Waals surface area contributed by atoms with Crippen molar-refractivity contribution in [3.8, 4) is 16.9 Å². The fourth-order valence-electron chi connectivity index (χ4n) is 3.07. The Balaban J connectivity index is 1.63. The van der Waals surface area contributed by atoms with E-state index in [-0.39, 0.29) is 11.7 Å². The Kier molecular flexibility index (Phi) is 4.38. The van der Waals surface area contributed by atoms with Crippen LogP contribution in [0.2, 0.25) is 0 Å². The number of halogens is 4. The Morgan fingerprint density at radius 3 is 2.46 bits per heavy atom. The highest BCUT2D eigenvalue weighted by Crippen LogP contribution is 2.51. The van der Waals surface area contributed by atoms with Crippen molar-refractivity contribution >= 4 is 37.5 Å². The van der Waals surface area contributed by atoms with E-state index in [9.17, 15) is 13.2 Å². The molecule has 1 aliphatic carbocycles. The molecule has 26 heavy (non-hydrogen) atoms. The average molecular weight is 491 g/mol. The Morgan fingerprint density at radius 1 is 1.15 bits per heavy atom. The van der Waals surface area contributed by atoms with Crippen LogP contribution in [0, 0.1) is 0 Å². The lowest BCUT2D eigenvalue weighted by atomic mass is 9.83. The third-order valence-electron chi connectivity index (χ3n) is 4.31. The molecule has 4 rings (SSSR count). The molecule has 1 aromatic carbocycles. The van der Waals surface area contributed by atoms with Gasteiger partial charge < -0.3 is 4.74 Å².